The number of fused-ring (bicyclic) bond motifs is 2. The van der Waals surface area contributed by atoms with E-state index in [1.54, 1.807) is 18.5 Å². The number of nitrogens with zero attached hydrogens (tertiary/aromatic N) is 2. The van der Waals surface area contributed by atoms with Crippen LogP contribution in [-0.4, -0.2) is 20.8 Å². The smallest absolute Gasteiger partial charge is 0.408 e. The van der Waals surface area contributed by atoms with Crippen LogP contribution in [0.15, 0.2) is 70.1 Å². The van der Waals surface area contributed by atoms with Gasteiger partial charge in [-0.2, -0.15) is 0 Å². The number of oxazole rings is 1. The first-order valence-electron chi connectivity index (χ1n) is 9.51. The van der Waals surface area contributed by atoms with Crippen molar-refractivity contribution >= 4 is 17.0 Å². The molecule has 3 heterocycles. The maximum absolute atomic E-state index is 13.2. The molecule has 5 rings (SSSR count). The van der Waals surface area contributed by atoms with Crippen LogP contribution in [0.5, 0.6) is 0 Å². The number of pyridine rings is 1. The summed E-state index contributed by atoms with van der Waals surface area (Å²) in [6, 6.07) is 15.6. The predicted molar refractivity (Wildman–Crippen MR) is 109 cm³/mol. The first-order chi connectivity index (χ1) is 14.1. The highest BCUT2D eigenvalue weighted by Crippen LogP contribution is 2.37. The molecular weight excluding hydrogens is 366 g/mol. The monoisotopic (exact) mass is 385 g/mol. The summed E-state index contributed by atoms with van der Waals surface area (Å²) >= 11 is 0. The minimum atomic E-state index is -0.481. The molecule has 1 amide bonds. The molecule has 29 heavy (non-hydrogen) atoms. The summed E-state index contributed by atoms with van der Waals surface area (Å²) in [7, 11) is 0. The summed E-state index contributed by atoms with van der Waals surface area (Å²) in [6.07, 6.45) is 4.12. The SMILES string of the molecule is Cc1ccccc1CC1c2ccncc2C(=O)N1Cc1ccc2[nH]c(=O)oc2c1. The van der Waals surface area contributed by atoms with Crippen molar-refractivity contribution in [1.82, 2.24) is 14.9 Å². The number of aryl methyl sites for hydroxylation is 1. The summed E-state index contributed by atoms with van der Waals surface area (Å²) in [6.45, 7) is 2.51. The Morgan fingerprint density at radius 1 is 1.14 bits per heavy atom. The van der Waals surface area contributed by atoms with Crippen molar-refractivity contribution in [2.45, 2.75) is 25.9 Å². The lowest BCUT2D eigenvalue weighted by Gasteiger charge is -2.26. The molecule has 1 N–H and O–H groups in total. The molecule has 1 atom stereocenters. The molecule has 6 heteroatoms. The van der Waals surface area contributed by atoms with Crippen molar-refractivity contribution in [3.8, 4) is 0 Å². The van der Waals surface area contributed by atoms with Gasteiger partial charge in [0, 0.05) is 18.9 Å². The predicted octanol–water partition coefficient (Wildman–Crippen LogP) is 3.76. The summed E-state index contributed by atoms with van der Waals surface area (Å²) in [4.78, 5) is 33.3. The van der Waals surface area contributed by atoms with Gasteiger partial charge in [0.05, 0.1) is 17.1 Å². The van der Waals surface area contributed by atoms with E-state index in [9.17, 15) is 9.59 Å². The number of amides is 1. The Hall–Kier alpha value is -3.67. The number of hydrogen-bond donors (Lipinski definition) is 1. The first-order valence-corrected chi connectivity index (χ1v) is 9.51. The summed E-state index contributed by atoms with van der Waals surface area (Å²) in [5.41, 5.74) is 6.13. The summed E-state index contributed by atoms with van der Waals surface area (Å²) in [5.74, 6) is -0.507. The molecule has 6 nitrogen and oxygen atoms in total. The van der Waals surface area contributed by atoms with Crippen LogP contribution in [0.25, 0.3) is 11.1 Å². The standard InChI is InChI=1S/C23H19N3O3/c1-14-4-2-3-5-16(14)11-20-17-8-9-24-12-18(17)22(27)26(20)13-15-6-7-19-21(10-15)29-23(28)25-19/h2-10,12,20H,11,13H2,1H3,(H,25,28). The second kappa shape index (κ2) is 6.74. The van der Waals surface area contributed by atoms with Crippen LogP contribution in [0.4, 0.5) is 0 Å². The van der Waals surface area contributed by atoms with Crippen LogP contribution in [0.1, 0.15) is 38.7 Å². The zero-order chi connectivity index (χ0) is 20.0. The van der Waals surface area contributed by atoms with Crippen molar-refractivity contribution < 1.29 is 9.21 Å². The van der Waals surface area contributed by atoms with Gasteiger partial charge in [-0.05, 0) is 53.8 Å². The largest absolute Gasteiger partial charge is 0.417 e. The fourth-order valence-electron chi connectivity index (χ4n) is 4.07. The fraction of sp³-hybridized carbons (Fsp3) is 0.174. The molecule has 0 aliphatic carbocycles. The van der Waals surface area contributed by atoms with Crippen molar-refractivity contribution in [2.24, 2.45) is 0 Å². The molecule has 1 aliphatic heterocycles. The van der Waals surface area contributed by atoms with Gasteiger partial charge in [0.15, 0.2) is 5.58 Å². The number of rotatable bonds is 4. The number of nitrogens with one attached hydrogen (secondary N) is 1. The van der Waals surface area contributed by atoms with Crippen LogP contribution < -0.4 is 5.76 Å². The van der Waals surface area contributed by atoms with E-state index in [0.29, 0.717) is 23.2 Å². The van der Waals surface area contributed by atoms with Crippen molar-refractivity contribution in [3.63, 3.8) is 0 Å². The van der Waals surface area contributed by atoms with E-state index in [1.807, 2.05) is 35.2 Å². The van der Waals surface area contributed by atoms with Crippen molar-refractivity contribution in [3.05, 3.63) is 99.3 Å². The number of aromatic nitrogens is 2. The lowest BCUT2D eigenvalue weighted by Crippen LogP contribution is -2.29. The van der Waals surface area contributed by atoms with Gasteiger partial charge < -0.3 is 9.32 Å². The Bertz CT molecular complexity index is 1290. The van der Waals surface area contributed by atoms with E-state index in [1.165, 1.54) is 11.1 Å². The average Bonchev–Trinajstić information content (AvgIpc) is 3.21. The maximum atomic E-state index is 13.2. The summed E-state index contributed by atoms with van der Waals surface area (Å²) < 4.78 is 5.18. The van der Waals surface area contributed by atoms with Crippen LogP contribution in [0, 0.1) is 6.92 Å². The first kappa shape index (κ1) is 17.4. The van der Waals surface area contributed by atoms with Gasteiger partial charge in [0.1, 0.15) is 0 Å². The molecule has 0 saturated heterocycles. The van der Waals surface area contributed by atoms with Crippen LogP contribution in [-0.2, 0) is 13.0 Å². The Kier molecular flexibility index (Phi) is 4.05. The molecule has 0 fully saturated rings. The van der Waals surface area contributed by atoms with Crippen LogP contribution in [0.3, 0.4) is 0 Å². The Balaban J connectivity index is 1.53. The lowest BCUT2D eigenvalue weighted by molar-refractivity contribution is 0.0709. The Morgan fingerprint density at radius 2 is 2.00 bits per heavy atom. The third-order valence-electron chi connectivity index (χ3n) is 5.59. The van der Waals surface area contributed by atoms with E-state index in [0.717, 1.165) is 17.5 Å². The quantitative estimate of drug-likeness (QED) is 0.580. The van der Waals surface area contributed by atoms with Gasteiger partial charge in [-0.1, -0.05) is 30.3 Å². The molecule has 2 aromatic heterocycles. The molecule has 1 unspecified atom stereocenters. The summed E-state index contributed by atoms with van der Waals surface area (Å²) in [5, 5.41) is 0. The molecule has 144 valence electrons. The second-order valence-corrected chi connectivity index (χ2v) is 7.39. The molecule has 2 aromatic carbocycles. The maximum Gasteiger partial charge on any atom is 0.417 e. The van der Waals surface area contributed by atoms with Gasteiger partial charge >= 0.3 is 5.76 Å². The second-order valence-electron chi connectivity index (χ2n) is 7.39. The van der Waals surface area contributed by atoms with Crippen molar-refractivity contribution in [2.75, 3.05) is 0 Å². The van der Waals surface area contributed by atoms with Gasteiger partial charge in [-0.25, -0.2) is 4.79 Å². The number of hydrogen-bond acceptors (Lipinski definition) is 4. The van der Waals surface area contributed by atoms with Crippen LogP contribution in [0.2, 0.25) is 0 Å². The van der Waals surface area contributed by atoms with Gasteiger partial charge in [0.25, 0.3) is 5.91 Å². The number of carbonyl (C=O) groups is 1. The Morgan fingerprint density at radius 3 is 2.86 bits per heavy atom. The normalized spacial score (nSPS) is 15.8. The zero-order valence-corrected chi connectivity index (χ0v) is 15.9. The van der Waals surface area contributed by atoms with Gasteiger partial charge in [-0.15, -0.1) is 0 Å². The molecule has 0 spiro atoms. The van der Waals surface area contributed by atoms with E-state index in [2.05, 4.69) is 29.0 Å². The number of carbonyl (C=O) groups excluding carboxylic acids is 1. The Labute approximate surface area is 166 Å². The molecule has 0 saturated carbocycles. The zero-order valence-electron chi connectivity index (χ0n) is 15.9. The van der Waals surface area contributed by atoms with E-state index in [-0.39, 0.29) is 11.9 Å². The molecular formula is C23H19N3O3. The lowest BCUT2D eigenvalue weighted by atomic mass is 9.96. The number of benzene rings is 2. The molecule has 4 aromatic rings. The van der Waals surface area contributed by atoms with Gasteiger partial charge in [0.2, 0.25) is 0 Å². The van der Waals surface area contributed by atoms with Gasteiger partial charge in [-0.3, -0.25) is 14.8 Å². The minimum absolute atomic E-state index is 0.0256. The van der Waals surface area contributed by atoms with E-state index < -0.39 is 5.76 Å². The highest BCUT2D eigenvalue weighted by molar-refractivity contribution is 5.99. The van der Waals surface area contributed by atoms with E-state index in [4.69, 9.17) is 4.42 Å². The molecule has 0 radical (unpaired) electrons. The highest BCUT2D eigenvalue weighted by Gasteiger charge is 2.37. The highest BCUT2D eigenvalue weighted by atomic mass is 16.4. The minimum Gasteiger partial charge on any atom is -0.408 e. The third-order valence-corrected chi connectivity index (χ3v) is 5.59. The number of aromatic amines is 1. The number of H-pyrrole nitrogens is 1. The fourth-order valence-corrected chi connectivity index (χ4v) is 4.07. The van der Waals surface area contributed by atoms with E-state index >= 15 is 0 Å². The third kappa shape index (κ3) is 3.02. The van der Waals surface area contributed by atoms with Crippen molar-refractivity contribution in [1.29, 1.82) is 0 Å². The average molecular weight is 385 g/mol. The molecule has 0 bridgehead atoms. The van der Waals surface area contributed by atoms with Crippen LogP contribution >= 0.6 is 0 Å². The topological polar surface area (TPSA) is 79.2 Å². The molecule has 1 aliphatic rings.